The van der Waals surface area contributed by atoms with Gasteiger partial charge in [-0.3, -0.25) is 0 Å². The van der Waals surface area contributed by atoms with E-state index >= 15 is 0 Å². The van der Waals surface area contributed by atoms with Crippen LogP contribution in [0.2, 0.25) is 0 Å². The number of hydrogen-bond donors (Lipinski definition) is 0. The van der Waals surface area contributed by atoms with E-state index in [0.717, 1.165) is 65.8 Å². The average Bonchev–Trinajstić information content (AvgIpc) is 3.76. The van der Waals surface area contributed by atoms with Crippen molar-refractivity contribution < 1.29 is 8.83 Å². The van der Waals surface area contributed by atoms with Crippen molar-refractivity contribution in [1.82, 2.24) is 0 Å². The lowest BCUT2D eigenvalue weighted by atomic mass is 9.85. The molecule has 0 fully saturated rings. The molecule has 0 atom stereocenters. The van der Waals surface area contributed by atoms with Crippen molar-refractivity contribution in [2.75, 3.05) is 0 Å². The zero-order valence-electron chi connectivity index (χ0n) is 27.0. The summed E-state index contributed by atoms with van der Waals surface area (Å²) in [7, 11) is 0. The van der Waals surface area contributed by atoms with Crippen molar-refractivity contribution in [3.05, 3.63) is 170 Å². The summed E-state index contributed by atoms with van der Waals surface area (Å²) >= 11 is 0. The van der Waals surface area contributed by atoms with Gasteiger partial charge in [0.2, 0.25) is 0 Å². The van der Waals surface area contributed by atoms with Gasteiger partial charge in [0.05, 0.1) is 5.39 Å². The van der Waals surface area contributed by atoms with Crippen LogP contribution in [0, 0.1) is 0 Å². The molecule has 0 saturated carbocycles. The molecule has 0 saturated heterocycles. The normalized spacial score (nSPS) is 12.0. The summed E-state index contributed by atoms with van der Waals surface area (Å²) in [6.07, 6.45) is 0. The van der Waals surface area contributed by atoms with Crippen LogP contribution in [0.5, 0.6) is 0 Å². The summed E-state index contributed by atoms with van der Waals surface area (Å²) in [4.78, 5) is 0. The molecule has 0 unspecified atom stereocenters. The second-order valence-electron chi connectivity index (χ2n) is 13.2. The van der Waals surface area contributed by atoms with E-state index in [1.165, 1.54) is 43.8 Å². The largest absolute Gasteiger partial charge is 0.455 e. The summed E-state index contributed by atoms with van der Waals surface area (Å²) in [6, 6.07) is 60.8. The highest BCUT2D eigenvalue weighted by atomic mass is 16.3. The maximum absolute atomic E-state index is 6.76. The first kappa shape index (κ1) is 27.3. The molecule has 11 aromatic rings. The van der Waals surface area contributed by atoms with E-state index in [-0.39, 0.29) is 0 Å². The summed E-state index contributed by atoms with van der Waals surface area (Å²) in [5.74, 6) is 0. The van der Waals surface area contributed by atoms with E-state index in [9.17, 15) is 0 Å². The molecule has 0 aliphatic carbocycles. The van der Waals surface area contributed by atoms with Crippen molar-refractivity contribution in [3.63, 3.8) is 0 Å². The lowest BCUT2D eigenvalue weighted by Crippen LogP contribution is -1.91. The molecule has 0 bridgehead atoms. The third-order valence-corrected chi connectivity index (χ3v) is 10.4. The molecular weight excluding hydrogens is 609 g/mol. The lowest BCUT2D eigenvalue weighted by molar-refractivity contribution is 0.665. The van der Waals surface area contributed by atoms with Gasteiger partial charge in [-0.1, -0.05) is 146 Å². The van der Waals surface area contributed by atoms with Gasteiger partial charge in [0, 0.05) is 21.5 Å². The molecule has 50 heavy (non-hydrogen) atoms. The van der Waals surface area contributed by atoms with Crippen LogP contribution in [-0.2, 0) is 0 Å². The van der Waals surface area contributed by atoms with Crippen LogP contribution >= 0.6 is 0 Å². The minimum atomic E-state index is 0.825. The van der Waals surface area contributed by atoms with Crippen molar-refractivity contribution in [2.24, 2.45) is 0 Å². The Kier molecular flexibility index (Phi) is 5.70. The van der Waals surface area contributed by atoms with Crippen LogP contribution in [0.15, 0.2) is 179 Å². The molecule has 0 amide bonds. The summed E-state index contributed by atoms with van der Waals surface area (Å²) in [5.41, 5.74) is 10.6. The van der Waals surface area contributed by atoms with E-state index in [2.05, 4.69) is 164 Å². The number of para-hydroxylation sites is 1. The van der Waals surface area contributed by atoms with Gasteiger partial charge >= 0.3 is 0 Å². The predicted octanol–water partition coefficient (Wildman–Crippen LogP) is 13.9. The molecule has 11 rings (SSSR count). The number of fused-ring (bicyclic) bond motifs is 11. The first-order valence-electron chi connectivity index (χ1n) is 17.1. The van der Waals surface area contributed by atoms with Gasteiger partial charge in [-0.15, -0.1) is 0 Å². The minimum absolute atomic E-state index is 0.825. The first-order chi connectivity index (χ1) is 24.8. The van der Waals surface area contributed by atoms with Gasteiger partial charge in [0.15, 0.2) is 0 Å². The van der Waals surface area contributed by atoms with Crippen LogP contribution in [0.1, 0.15) is 0 Å². The smallest absolute Gasteiger partial charge is 0.147 e. The van der Waals surface area contributed by atoms with E-state index in [4.69, 9.17) is 8.83 Å². The van der Waals surface area contributed by atoms with Gasteiger partial charge in [-0.25, -0.2) is 0 Å². The Balaban J connectivity index is 1.22. The van der Waals surface area contributed by atoms with Gasteiger partial charge in [-0.2, -0.15) is 0 Å². The molecule has 0 spiro atoms. The lowest BCUT2D eigenvalue weighted by Gasteiger charge is -2.18. The maximum atomic E-state index is 6.76. The van der Waals surface area contributed by atoms with Crippen LogP contribution in [-0.4, -0.2) is 0 Å². The molecule has 9 aromatic carbocycles. The maximum Gasteiger partial charge on any atom is 0.147 e. The predicted molar refractivity (Wildman–Crippen MR) is 210 cm³/mol. The van der Waals surface area contributed by atoms with Crippen LogP contribution in [0.25, 0.3) is 110 Å². The SMILES string of the molecule is c1ccc(-c2c3ccccc3c(-c3cccc(-c4cc5oc6c7ccccc7ccc6c5c5oc6ccccc6c45)c3)c3ccccc23)cc1. The summed E-state index contributed by atoms with van der Waals surface area (Å²) < 4.78 is 13.5. The Morgan fingerprint density at radius 1 is 0.300 bits per heavy atom. The molecule has 2 heteroatoms. The molecule has 0 radical (unpaired) electrons. The van der Waals surface area contributed by atoms with Crippen LogP contribution in [0.3, 0.4) is 0 Å². The second kappa shape index (κ2) is 10.4. The van der Waals surface area contributed by atoms with E-state index in [1.807, 2.05) is 6.07 Å². The van der Waals surface area contributed by atoms with Gasteiger partial charge < -0.3 is 8.83 Å². The second-order valence-corrected chi connectivity index (χ2v) is 13.2. The highest BCUT2D eigenvalue weighted by molar-refractivity contribution is 6.28. The quantitative estimate of drug-likeness (QED) is 0.180. The molecular formula is C48H28O2. The minimum Gasteiger partial charge on any atom is -0.455 e. The third-order valence-electron chi connectivity index (χ3n) is 10.4. The fraction of sp³-hybridized carbons (Fsp3) is 0. The van der Waals surface area contributed by atoms with Crippen LogP contribution < -0.4 is 0 Å². The first-order valence-corrected chi connectivity index (χ1v) is 17.1. The monoisotopic (exact) mass is 636 g/mol. The third kappa shape index (κ3) is 3.85. The standard InChI is InChI=1S/C48H28O2/c1-2-14-30(15-3-1)43-34-19-6-8-21-36(34)44(37-22-9-7-20-35(37)43)32-17-12-16-31(27-32)40-28-42-46(48-45(40)38-23-10-11-24-41(38)49-48)39-26-25-29-13-4-5-18-33(29)47(39)50-42/h1-28H. The van der Waals surface area contributed by atoms with Crippen molar-refractivity contribution in [3.8, 4) is 33.4 Å². The molecule has 2 heterocycles. The molecule has 2 aromatic heterocycles. The number of furan rings is 2. The number of rotatable bonds is 3. The highest BCUT2D eigenvalue weighted by Gasteiger charge is 2.22. The van der Waals surface area contributed by atoms with Crippen LogP contribution in [0.4, 0.5) is 0 Å². The number of benzene rings is 9. The molecule has 0 N–H and O–H groups in total. The number of hydrogen-bond acceptors (Lipinski definition) is 2. The Morgan fingerprint density at radius 3 is 1.60 bits per heavy atom. The van der Waals surface area contributed by atoms with Gasteiger partial charge in [-0.05, 0) is 84.6 Å². The van der Waals surface area contributed by atoms with Gasteiger partial charge in [0.1, 0.15) is 22.3 Å². The Morgan fingerprint density at radius 2 is 0.860 bits per heavy atom. The molecule has 232 valence electrons. The fourth-order valence-electron chi connectivity index (χ4n) is 8.30. The topological polar surface area (TPSA) is 26.3 Å². The van der Waals surface area contributed by atoms with Gasteiger partial charge in [0.25, 0.3) is 0 Å². The van der Waals surface area contributed by atoms with Crippen molar-refractivity contribution >= 4 is 76.2 Å². The summed E-state index contributed by atoms with van der Waals surface area (Å²) in [5, 5.41) is 11.5. The van der Waals surface area contributed by atoms with E-state index in [1.54, 1.807) is 0 Å². The van der Waals surface area contributed by atoms with Crippen molar-refractivity contribution in [1.29, 1.82) is 0 Å². The molecule has 2 nitrogen and oxygen atoms in total. The fourth-order valence-corrected chi connectivity index (χ4v) is 8.30. The Hall–Kier alpha value is -6.64. The average molecular weight is 637 g/mol. The Labute approximate surface area is 287 Å². The van der Waals surface area contributed by atoms with Crippen molar-refractivity contribution in [2.45, 2.75) is 0 Å². The van der Waals surface area contributed by atoms with E-state index < -0.39 is 0 Å². The zero-order valence-corrected chi connectivity index (χ0v) is 27.0. The summed E-state index contributed by atoms with van der Waals surface area (Å²) in [6.45, 7) is 0. The molecule has 0 aliphatic heterocycles. The van der Waals surface area contributed by atoms with E-state index in [0.29, 0.717) is 0 Å². The molecule has 0 aliphatic rings. The zero-order chi connectivity index (χ0) is 32.8. The highest BCUT2D eigenvalue weighted by Crippen LogP contribution is 2.48. The Bertz CT molecular complexity index is 3080.